The average molecular weight is 313 g/mol. The summed E-state index contributed by atoms with van der Waals surface area (Å²) in [5.41, 5.74) is 3.97. The second-order valence-corrected chi connectivity index (χ2v) is 6.14. The summed E-state index contributed by atoms with van der Waals surface area (Å²) in [6.45, 7) is 0.738. The van der Waals surface area contributed by atoms with E-state index in [4.69, 9.17) is 5.73 Å². The van der Waals surface area contributed by atoms with Gasteiger partial charge in [-0.2, -0.15) is 0 Å². The third-order valence-electron chi connectivity index (χ3n) is 2.80. The number of fused-ring (bicyclic) bond motifs is 1. The quantitative estimate of drug-likeness (QED) is 0.483. The van der Waals surface area contributed by atoms with Gasteiger partial charge in [-0.15, -0.1) is 0 Å². The van der Waals surface area contributed by atoms with Crippen LogP contribution >= 0.6 is 0 Å². The minimum Gasteiger partial charge on any atom is -0.330 e. The van der Waals surface area contributed by atoms with Gasteiger partial charge in [-0.25, -0.2) is 22.9 Å². The van der Waals surface area contributed by atoms with Crippen molar-refractivity contribution in [1.29, 1.82) is 0 Å². The number of H-pyrrole nitrogens is 2. The Morgan fingerprint density at radius 2 is 2.00 bits per heavy atom. The van der Waals surface area contributed by atoms with E-state index in [1.807, 2.05) is 4.98 Å². The normalized spacial score (nSPS) is 11.9. The zero-order chi connectivity index (χ0) is 15.5. The molecule has 0 saturated heterocycles. The van der Waals surface area contributed by atoms with Gasteiger partial charge in [0, 0.05) is 12.7 Å². The van der Waals surface area contributed by atoms with E-state index in [-0.39, 0.29) is 22.5 Å². The lowest BCUT2D eigenvalue weighted by molar-refractivity contribution is 0.577. The summed E-state index contributed by atoms with van der Waals surface area (Å²) in [7, 11) is -3.76. The van der Waals surface area contributed by atoms with E-state index >= 15 is 0 Å². The monoisotopic (exact) mass is 313 g/mol. The molecule has 0 atom stereocenters. The number of aromatic amines is 2. The Labute approximate surface area is 119 Å². The Hall–Kier alpha value is -2.04. The van der Waals surface area contributed by atoms with Crippen LogP contribution in [-0.2, 0) is 10.0 Å². The number of sulfonamides is 1. The van der Waals surface area contributed by atoms with Gasteiger partial charge in [-0.05, 0) is 25.5 Å². The lowest BCUT2D eigenvalue weighted by Gasteiger charge is -2.06. The van der Waals surface area contributed by atoms with Gasteiger partial charge in [-0.3, -0.25) is 14.8 Å². The molecule has 5 N–H and O–H groups in total. The molecular weight excluding hydrogens is 298 g/mol. The topological polar surface area (TPSA) is 151 Å². The van der Waals surface area contributed by atoms with Crippen molar-refractivity contribution in [2.45, 2.75) is 17.7 Å². The van der Waals surface area contributed by atoms with Gasteiger partial charge >= 0.3 is 5.69 Å². The molecule has 0 aliphatic carbocycles. The predicted octanol–water partition coefficient (Wildman–Crippen LogP) is -1.37. The molecule has 0 unspecified atom stereocenters. The van der Waals surface area contributed by atoms with Gasteiger partial charge in [0.1, 0.15) is 10.5 Å². The van der Waals surface area contributed by atoms with Crippen LogP contribution in [0.2, 0.25) is 0 Å². The summed E-state index contributed by atoms with van der Waals surface area (Å²) in [4.78, 5) is 30.7. The molecule has 2 rings (SSSR count). The molecule has 0 aliphatic rings. The molecule has 0 bridgehead atoms. The van der Waals surface area contributed by atoms with Crippen LogP contribution in [0.3, 0.4) is 0 Å². The second-order valence-electron chi connectivity index (χ2n) is 4.37. The number of unbranched alkanes of at least 4 members (excludes halogenated alkanes) is 1. The van der Waals surface area contributed by atoms with E-state index in [0.29, 0.717) is 19.4 Å². The van der Waals surface area contributed by atoms with Crippen molar-refractivity contribution < 1.29 is 8.42 Å². The maximum Gasteiger partial charge on any atom is 0.327 e. The maximum atomic E-state index is 12.1. The van der Waals surface area contributed by atoms with Crippen LogP contribution in [0.25, 0.3) is 11.0 Å². The first-order valence-electron chi connectivity index (χ1n) is 6.26. The Bertz CT molecular complexity index is 855. The van der Waals surface area contributed by atoms with Crippen molar-refractivity contribution in [3.8, 4) is 0 Å². The van der Waals surface area contributed by atoms with Crippen LogP contribution in [0.4, 0.5) is 0 Å². The predicted molar refractivity (Wildman–Crippen MR) is 76.5 cm³/mol. The number of pyridine rings is 1. The summed E-state index contributed by atoms with van der Waals surface area (Å²) in [6, 6.07) is 1.17. The van der Waals surface area contributed by atoms with Crippen LogP contribution < -0.4 is 21.7 Å². The van der Waals surface area contributed by atoms with Crippen LogP contribution in [-0.4, -0.2) is 36.5 Å². The van der Waals surface area contributed by atoms with E-state index in [9.17, 15) is 18.0 Å². The Balaban J connectivity index is 2.34. The molecule has 9 nitrogen and oxygen atoms in total. The molecule has 0 amide bonds. The first-order chi connectivity index (χ1) is 9.94. The molecule has 21 heavy (non-hydrogen) atoms. The molecule has 0 aromatic carbocycles. The number of hydrogen-bond acceptors (Lipinski definition) is 6. The summed E-state index contributed by atoms with van der Waals surface area (Å²) in [6.07, 6.45) is 2.41. The molecule has 0 aliphatic heterocycles. The zero-order valence-electron chi connectivity index (χ0n) is 11.0. The van der Waals surface area contributed by atoms with Gasteiger partial charge in [0.25, 0.3) is 5.56 Å². The van der Waals surface area contributed by atoms with E-state index in [1.165, 1.54) is 6.07 Å². The second kappa shape index (κ2) is 6.16. The SMILES string of the molecule is NCCCCNS(=O)(=O)c1cnc2[nH]c(=O)[nH]c(=O)c2c1. The van der Waals surface area contributed by atoms with Crippen LogP contribution in [0.1, 0.15) is 12.8 Å². The van der Waals surface area contributed by atoms with Crippen molar-refractivity contribution in [2.24, 2.45) is 5.73 Å². The fraction of sp³-hybridized carbons (Fsp3) is 0.364. The van der Waals surface area contributed by atoms with E-state index in [2.05, 4.69) is 14.7 Å². The highest BCUT2D eigenvalue weighted by Gasteiger charge is 2.15. The molecular formula is C11H15N5O4S. The van der Waals surface area contributed by atoms with E-state index in [1.54, 1.807) is 0 Å². The molecule has 0 spiro atoms. The fourth-order valence-corrected chi connectivity index (χ4v) is 2.78. The third kappa shape index (κ3) is 3.54. The summed E-state index contributed by atoms with van der Waals surface area (Å²) in [5, 5.41) is -0.000525. The van der Waals surface area contributed by atoms with E-state index < -0.39 is 21.3 Å². The lowest BCUT2D eigenvalue weighted by atomic mass is 10.3. The van der Waals surface area contributed by atoms with Crippen LogP contribution in [0.15, 0.2) is 26.7 Å². The molecule has 2 aromatic rings. The largest absolute Gasteiger partial charge is 0.330 e. The molecule has 2 heterocycles. The first kappa shape index (κ1) is 15.4. The first-order valence-corrected chi connectivity index (χ1v) is 7.74. The number of rotatable bonds is 6. The van der Waals surface area contributed by atoms with Crippen LogP contribution in [0, 0.1) is 0 Å². The average Bonchev–Trinajstić information content (AvgIpc) is 2.43. The molecule has 10 heteroatoms. The van der Waals surface area contributed by atoms with Gasteiger partial charge in [0.15, 0.2) is 0 Å². The highest BCUT2D eigenvalue weighted by atomic mass is 32.2. The van der Waals surface area contributed by atoms with Gasteiger partial charge < -0.3 is 5.73 Å². The Morgan fingerprint density at radius 3 is 2.71 bits per heavy atom. The number of nitrogens with zero attached hydrogens (tertiary/aromatic N) is 1. The Morgan fingerprint density at radius 1 is 1.24 bits per heavy atom. The maximum absolute atomic E-state index is 12.1. The lowest BCUT2D eigenvalue weighted by Crippen LogP contribution is -2.26. The molecule has 114 valence electrons. The van der Waals surface area contributed by atoms with Gasteiger partial charge in [0.2, 0.25) is 10.0 Å². The minimum atomic E-state index is -3.76. The number of nitrogens with one attached hydrogen (secondary N) is 3. The standard InChI is InChI=1S/C11H15N5O4S/c12-3-1-2-4-14-21(19,20)7-5-8-9(13-6-7)15-11(18)16-10(8)17/h5-6,14H,1-4,12H2,(H2,13,15,16,17,18). The third-order valence-corrected chi connectivity index (χ3v) is 4.23. The smallest absolute Gasteiger partial charge is 0.327 e. The number of hydrogen-bond donors (Lipinski definition) is 4. The van der Waals surface area contributed by atoms with Crippen molar-refractivity contribution in [1.82, 2.24) is 19.7 Å². The molecule has 0 fully saturated rings. The number of aromatic nitrogens is 3. The summed E-state index contributed by atoms with van der Waals surface area (Å²) >= 11 is 0. The highest BCUT2D eigenvalue weighted by Crippen LogP contribution is 2.11. The van der Waals surface area contributed by atoms with Crippen molar-refractivity contribution in [3.05, 3.63) is 33.1 Å². The molecule has 0 radical (unpaired) electrons. The van der Waals surface area contributed by atoms with Crippen molar-refractivity contribution >= 4 is 21.1 Å². The minimum absolute atomic E-state index is 0.000525. The highest BCUT2D eigenvalue weighted by molar-refractivity contribution is 7.89. The van der Waals surface area contributed by atoms with Gasteiger partial charge in [-0.1, -0.05) is 0 Å². The summed E-state index contributed by atoms with van der Waals surface area (Å²) < 4.78 is 26.5. The van der Waals surface area contributed by atoms with E-state index in [0.717, 1.165) is 6.20 Å². The number of nitrogens with two attached hydrogens (primary N) is 1. The van der Waals surface area contributed by atoms with Crippen LogP contribution in [0.5, 0.6) is 0 Å². The molecule has 2 aromatic heterocycles. The van der Waals surface area contributed by atoms with Crippen molar-refractivity contribution in [3.63, 3.8) is 0 Å². The Kier molecular flexibility index (Phi) is 4.50. The molecule has 0 saturated carbocycles. The van der Waals surface area contributed by atoms with Crippen molar-refractivity contribution in [2.75, 3.05) is 13.1 Å². The van der Waals surface area contributed by atoms with Gasteiger partial charge in [0.05, 0.1) is 5.39 Å². The zero-order valence-corrected chi connectivity index (χ0v) is 11.9. The summed E-state index contributed by atoms with van der Waals surface area (Å²) in [5.74, 6) is 0. The fourth-order valence-electron chi connectivity index (χ4n) is 1.73.